The van der Waals surface area contributed by atoms with Crippen LogP contribution in [0.4, 0.5) is 10.6 Å². The Morgan fingerprint density at radius 3 is 2.13 bits per heavy atom. The van der Waals surface area contributed by atoms with Crippen LogP contribution in [0.1, 0.15) is 58.2 Å². The number of nitrogens with zero attached hydrogens (tertiary/aromatic N) is 3. The highest BCUT2D eigenvalue weighted by molar-refractivity contribution is 6.80. The van der Waals surface area contributed by atoms with Gasteiger partial charge in [-0.1, -0.05) is 76.3 Å². The SMILES string of the molecule is COc1ccc(CN(C(=O)OC(C)(C)C)c2cc(C[C@H]3C(=O)N([Si](C)(C)C(C)(C)C)[C@]3(Cc3ccccc3)C(=O)O)ccn2)cc1. The summed E-state index contributed by atoms with van der Waals surface area (Å²) in [5.74, 6) is -0.909. The van der Waals surface area contributed by atoms with Crippen LogP contribution in [-0.2, 0) is 33.7 Å². The van der Waals surface area contributed by atoms with Crippen molar-refractivity contribution in [3.8, 4) is 5.75 Å². The molecule has 2 aromatic carbocycles. The Kier molecular flexibility index (Phi) is 9.73. The number of aliphatic carboxylic acids is 1. The molecule has 0 unspecified atom stereocenters. The second-order valence-corrected chi connectivity index (χ2v) is 19.6. The number of hydrogen-bond acceptors (Lipinski definition) is 6. The number of benzene rings is 2. The lowest BCUT2D eigenvalue weighted by molar-refractivity contribution is -0.178. The van der Waals surface area contributed by atoms with Crippen LogP contribution in [-0.4, -0.2) is 59.1 Å². The monoisotopic (exact) mass is 645 g/mol. The van der Waals surface area contributed by atoms with Gasteiger partial charge in [-0.25, -0.2) is 14.6 Å². The predicted octanol–water partition coefficient (Wildman–Crippen LogP) is 7.10. The minimum Gasteiger partial charge on any atom is -0.497 e. The van der Waals surface area contributed by atoms with Crippen LogP contribution in [0.2, 0.25) is 18.1 Å². The smallest absolute Gasteiger partial charge is 0.416 e. The molecule has 1 aliphatic rings. The molecule has 4 rings (SSSR count). The number of ether oxygens (including phenoxy) is 2. The predicted molar refractivity (Wildman–Crippen MR) is 181 cm³/mol. The van der Waals surface area contributed by atoms with Gasteiger partial charge in [0.25, 0.3) is 0 Å². The first-order valence-corrected chi connectivity index (χ1v) is 18.6. The van der Waals surface area contributed by atoms with Crippen LogP contribution in [0, 0.1) is 5.92 Å². The van der Waals surface area contributed by atoms with Crippen molar-refractivity contribution < 1.29 is 29.0 Å². The molecule has 1 saturated heterocycles. The summed E-state index contributed by atoms with van der Waals surface area (Å²) in [6.45, 7) is 16.0. The minimum absolute atomic E-state index is 0.148. The average molecular weight is 646 g/mol. The minimum atomic E-state index is -2.60. The lowest BCUT2D eigenvalue weighted by Gasteiger charge is -2.63. The Balaban J connectivity index is 1.74. The lowest BCUT2D eigenvalue weighted by Crippen LogP contribution is -2.83. The van der Waals surface area contributed by atoms with Gasteiger partial charge in [0.05, 0.1) is 19.6 Å². The van der Waals surface area contributed by atoms with Crippen LogP contribution < -0.4 is 9.64 Å². The molecule has 0 saturated carbocycles. The third-order valence-electron chi connectivity index (χ3n) is 9.22. The summed E-state index contributed by atoms with van der Waals surface area (Å²) in [7, 11) is -1.01. The molecular formula is C36H47N3O6Si. The molecule has 10 heteroatoms. The zero-order valence-corrected chi connectivity index (χ0v) is 29.5. The number of carboxylic acids is 1. The van der Waals surface area contributed by atoms with Gasteiger partial charge in [-0.05, 0) is 73.2 Å². The van der Waals surface area contributed by atoms with Crippen molar-refractivity contribution in [2.24, 2.45) is 5.92 Å². The van der Waals surface area contributed by atoms with Gasteiger partial charge in [-0.15, -0.1) is 0 Å². The van der Waals surface area contributed by atoms with Crippen molar-refractivity contribution in [3.63, 3.8) is 0 Å². The number of aromatic nitrogens is 1. The second-order valence-electron chi connectivity index (χ2n) is 14.6. The Hall–Kier alpha value is -4.18. The highest BCUT2D eigenvalue weighted by atomic mass is 28.3. The van der Waals surface area contributed by atoms with E-state index in [2.05, 4.69) is 38.8 Å². The Morgan fingerprint density at radius 1 is 0.957 bits per heavy atom. The molecule has 2 amide bonds. The van der Waals surface area contributed by atoms with Crippen molar-refractivity contribution in [2.45, 2.75) is 90.2 Å². The fourth-order valence-electron chi connectivity index (χ4n) is 5.88. The molecule has 0 spiro atoms. The standard InChI is InChI=1S/C36H47N3O6Si/c1-34(2,3)45-33(43)38(24-26-15-17-28(44-7)18-16-26)30-22-27(19-20-37-30)21-29-31(40)39(46(8,9)35(4,5)6)36(29,32(41)42)23-25-13-11-10-12-14-25/h10-20,22,29H,21,23-24H2,1-9H3,(H,41,42)/t29-,36-/m0/s1. The summed E-state index contributed by atoms with van der Waals surface area (Å²) < 4.78 is 12.8. The molecule has 2 atom stereocenters. The van der Waals surface area contributed by atoms with Crippen LogP contribution in [0.3, 0.4) is 0 Å². The molecule has 3 aromatic rings. The van der Waals surface area contributed by atoms with E-state index in [-0.39, 0.29) is 30.3 Å². The van der Waals surface area contributed by atoms with E-state index in [4.69, 9.17) is 9.47 Å². The average Bonchev–Trinajstić information content (AvgIpc) is 2.97. The van der Waals surface area contributed by atoms with Crippen LogP contribution in [0.5, 0.6) is 5.75 Å². The summed E-state index contributed by atoms with van der Waals surface area (Å²) in [5, 5.41) is 10.7. The number of anilines is 1. The van der Waals surface area contributed by atoms with Gasteiger partial charge in [0.2, 0.25) is 5.91 Å². The summed E-state index contributed by atoms with van der Waals surface area (Å²) in [4.78, 5) is 47.0. The van der Waals surface area contributed by atoms with Crippen molar-refractivity contribution in [2.75, 3.05) is 12.0 Å². The third-order valence-corrected chi connectivity index (χ3v) is 14.6. The first-order chi connectivity index (χ1) is 21.4. The molecule has 1 aliphatic heterocycles. The van der Waals surface area contributed by atoms with Gasteiger partial charge in [0.1, 0.15) is 22.7 Å². The fourth-order valence-corrected chi connectivity index (χ4v) is 8.59. The first kappa shape index (κ1) is 34.7. The molecule has 1 fully saturated rings. The van der Waals surface area contributed by atoms with Crippen LogP contribution >= 0.6 is 0 Å². The number of carbonyl (C=O) groups excluding carboxylic acids is 2. The number of β-lactam (4-membered cyclic amide) rings is 1. The Bertz CT molecular complexity index is 1560. The summed E-state index contributed by atoms with van der Waals surface area (Å²) in [5.41, 5.74) is 0.249. The van der Waals surface area contributed by atoms with Gasteiger partial charge < -0.3 is 19.1 Å². The number of hydrogen-bond donors (Lipinski definition) is 1. The van der Waals surface area contributed by atoms with E-state index in [9.17, 15) is 19.5 Å². The molecule has 1 aromatic heterocycles. The molecule has 9 nitrogen and oxygen atoms in total. The number of rotatable bonds is 10. The molecule has 46 heavy (non-hydrogen) atoms. The van der Waals surface area contributed by atoms with E-state index in [0.29, 0.717) is 17.1 Å². The summed E-state index contributed by atoms with van der Waals surface area (Å²) >= 11 is 0. The van der Waals surface area contributed by atoms with E-state index in [0.717, 1.165) is 11.1 Å². The van der Waals surface area contributed by atoms with Gasteiger partial charge in [-0.2, -0.15) is 0 Å². The fraction of sp³-hybridized carbons (Fsp3) is 0.444. The number of carboxylic acid groups (broad SMARTS) is 1. The maximum absolute atomic E-state index is 14.1. The highest BCUT2D eigenvalue weighted by Gasteiger charge is 2.69. The van der Waals surface area contributed by atoms with Gasteiger partial charge >= 0.3 is 12.1 Å². The molecular weight excluding hydrogens is 598 g/mol. The molecule has 1 N–H and O–H groups in total. The zero-order chi connectivity index (χ0) is 34.1. The third kappa shape index (κ3) is 6.96. The second kappa shape index (κ2) is 12.9. The van der Waals surface area contributed by atoms with Crippen molar-refractivity contribution in [1.82, 2.24) is 9.55 Å². The number of pyridine rings is 1. The zero-order valence-electron chi connectivity index (χ0n) is 28.5. The topological polar surface area (TPSA) is 109 Å². The van der Waals surface area contributed by atoms with E-state index >= 15 is 0 Å². The highest BCUT2D eigenvalue weighted by Crippen LogP contribution is 2.52. The van der Waals surface area contributed by atoms with E-state index in [1.807, 2.05) is 54.6 Å². The molecule has 246 valence electrons. The molecule has 0 bridgehead atoms. The normalized spacial score (nSPS) is 18.5. The molecule has 2 heterocycles. The lowest BCUT2D eigenvalue weighted by atomic mass is 9.69. The number of amides is 2. The Labute approximate surface area is 273 Å². The van der Waals surface area contributed by atoms with E-state index in [1.54, 1.807) is 50.8 Å². The quantitative estimate of drug-likeness (QED) is 0.185. The number of carbonyl (C=O) groups is 3. The molecule has 0 aliphatic carbocycles. The van der Waals surface area contributed by atoms with Crippen molar-refractivity contribution in [3.05, 3.63) is 89.6 Å². The maximum atomic E-state index is 14.1. The summed E-state index contributed by atoms with van der Waals surface area (Å²) in [6.07, 6.45) is 1.40. The largest absolute Gasteiger partial charge is 0.497 e. The van der Waals surface area contributed by atoms with Gasteiger partial charge in [0, 0.05) is 12.6 Å². The van der Waals surface area contributed by atoms with Gasteiger partial charge in [-0.3, -0.25) is 9.69 Å². The van der Waals surface area contributed by atoms with Gasteiger partial charge in [0.15, 0.2) is 8.24 Å². The van der Waals surface area contributed by atoms with E-state index in [1.165, 1.54) is 4.90 Å². The maximum Gasteiger partial charge on any atom is 0.416 e. The van der Waals surface area contributed by atoms with Crippen LogP contribution in [0.25, 0.3) is 0 Å². The summed E-state index contributed by atoms with van der Waals surface area (Å²) in [6, 6.07) is 20.4. The van der Waals surface area contributed by atoms with Crippen molar-refractivity contribution >= 4 is 32.0 Å². The van der Waals surface area contributed by atoms with Crippen LogP contribution in [0.15, 0.2) is 72.9 Å². The molecule has 0 radical (unpaired) electrons. The first-order valence-electron chi connectivity index (χ1n) is 15.6. The van der Waals surface area contributed by atoms with Crippen molar-refractivity contribution in [1.29, 1.82) is 0 Å². The van der Waals surface area contributed by atoms with E-state index < -0.39 is 37.4 Å². The number of methoxy groups -OCH3 is 1. The Morgan fingerprint density at radius 2 is 1.59 bits per heavy atom.